The Hall–Kier alpha value is 0.501. The summed E-state index contributed by atoms with van der Waals surface area (Å²) < 4.78 is 1.62. The van der Waals surface area contributed by atoms with Crippen LogP contribution in [0.5, 0.6) is 0 Å². The van der Waals surface area contributed by atoms with Crippen LogP contribution in [0.1, 0.15) is 39.5 Å². The molecule has 0 amide bonds. The summed E-state index contributed by atoms with van der Waals surface area (Å²) in [6, 6.07) is 12.5. The molecule has 0 radical (unpaired) electrons. The molecule has 0 saturated carbocycles. The zero-order chi connectivity index (χ0) is 14.6. The molecule has 0 aromatic heterocycles. The van der Waals surface area contributed by atoms with Crippen molar-refractivity contribution in [3.05, 3.63) is 51.1 Å². The fourth-order valence-electron chi connectivity index (χ4n) is 3.17. The Labute approximate surface area is 173 Å². The largest absolute Gasteiger partial charge is 1.00 e. The van der Waals surface area contributed by atoms with Crippen LogP contribution in [0.4, 0.5) is 0 Å². The minimum absolute atomic E-state index is 0. The first-order valence-electron chi connectivity index (χ1n) is 7.83. The first-order chi connectivity index (χ1) is 9.63. The molecule has 0 saturated heterocycles. The fourth-order valence-corrected chi connectivity index (χ4v) is 7.45. The third kappa shape index (κ3) is 5.77. The summed E-state index contributed by atoms with van der Waals surface area (Å²) in [5.74, 6) is 0. The number of unbranched alkanes of at least 4 members (excludes halogenated alkanes) is 1. The molecule has 0 heterocycles. The van der Waals surface area contributed by atoms with Crippen LogP contribution in [0, 0.1) is 0 Å². The number of halogens is 3. The first kappa shape index (κ1) is 25.7. The molecule has 0 N–H and O–H groups in total. The third-order valence-corrected chi connectivity index (χ3v) is 10.2. The Bertz CT molecular complexity index is 528. The summed E-state index contributed by atoms with van der Waals surface area (Å²) in [6.45, 7) is 7.23. The van der Waals surface area contributed by atoms with E-state index < -0.39 is 8.07 Å². The van der Waals surface area contributed by atoms with Crippen molar-refractivity contribution in [2.24, 2.45) is 0 Å². The molecule has 1 aromatic carbocycles. The van der Waals surface area contributed by atoms with E-state index in [1.807, 2.05) is 0 Å². The minimum atomic E-state index is -1.52. The van der Waals surface area contributed by atoms with Crippen molar-refractivity contribution < 1.29 is 57.7 Å². The second kappa shape index (κ2) is 12.0. The quantitative estimate of drug-likeness (QED) is 0.408. The summed E-state index contributed by atoms with van der Waals surface area (Å²) in [7, 11) is -1.52. The Balaban J connectivity index is 0. The van der Waals surface area contributed by atoms with Gasteiger partial charge < -0.3 is 37.2 Å². The van der Waals surface area contributed by atoms with E-state index >= 15 is 0 Å². The molecule has 0 nitrogen and oxygen atoms in total. The van der Waals surface area contributed by atoms with Gasteiger partial charge in [0.25, 0.3) is 0 Å². The van der Waals surface area contributed by atoms with Crippen molar-refractivity contribution in [3.8, 4) is 0 Å². The number of hydrogen-bond acceptors (Lipinski definition) is 0. The molecular weight excluding hydrogens is 399 g/mol. The molecule has 1 aromatic rings. The molecule has 23 heavy (non-hydrogen) atoms. The molecule has 5 heteroatoms. The monoisotopic (exact) mass is 422 g/mol. The van der Waals surface area contributed by atoms with Crippen molar-refractivity contribution in [3.63, 3.8) is 0 Å². The van der Waals surface area contributed by atoms with Gasteiger partial charge in [-0.05, 0) is 0 Å². The maximum absolute atomic E-state index is 2.55. The van der Waals surface area contributed by atoms with Crippen LogP contribution in [0.15, 0.2) is 51.1 Å². The average Bonchev–Trinajstić information content (AvgIpc) is 2.86. The predicted octanol–water partition coefficient (Wildman–Crippen LogP) is -4.14. The normalized spacial score (nSPS) is 15.8. The van der Waals surface area contributed by atoms with Crippen molar-refractivity contribution >= 4 is 13.3 Å². The predicted molar refractivity (Wildman–Crippen MR) is 87.4 cm³/mol. The summed E-state index contributed by atoms with van der Waals surface area (Å²) in [4.78, 5) is 0. The van der Waals surface area contributed by atoms with E-state index in [1.54, 1.807) is 19.8 Å². The maximum atomic E-state index is 2.55. The van der Waals surface area contributed by atoms with E-state index in [4.69, 9.17) is 0 Å². The smallest absolute Gasteiger partial charge is 1.00 e. The fraction of sp³-hybridized carbons (Fsp3) is 0.444. The van der Waals surface area contributed by atoms with Gasteiger partial charge in [-0.25, -0.2) is 0 Å². The molecule has 0 bridgehead atoms. The van der Waals surface area contributed by atoms with E-state index in [9.17, 15) is 0 Å². The Kier molecular flexibility index (Phi) is 13.4. The number of allylic oxidation sites excluding steroid dienone is 4. The zero-order valence-electron chi connectivity index (χ0n) is 14.1. The van der Waals surface area contributed by atoms with Gasteiger partial charge in [0.15, 0.2) is 0 Å². The standard InChI is InChI=1S/C18H25Si.3ClH.Ti/c1-4-6-11-16-12-10-15-18(16)19(3,5-2)17-13-8-7-9-14-17;;;;/h7-9,13-15H,4-6,10-11H2,1-3H3;3*1H;/q;;;;+3/p-3. The van der Waals surface area contributed by atoms with E-state index in [2.05, 4.69) is 77.2 Å². The van der Waals surface area contributed by atoms with E-state index in [1.165, 1.54) is 31.7 Å². The van der Waals surface area contributed by atoms with Gasteiger partial charge in [-0.3, -0.25) is 0 Å². The molecular formula is C18H25Cl3SiTi. The molecule has 2 rings (SSSR count). The van der Waals surface area contributed by atoms with Crippen LogP contribution >= 0.6 is 0 Å². The van der Waals surface area contributed by atoms with Gasteiger partial charge in [-0.1, -0.05) is 0 Å². The molecule has 0 aliphatic heterocycles. The van der Waals surface area contributed by atoms with E-state index in [0.717, 1.165) is 0 Å². The van der Waals surface area contributed by atoms with Crippen molar-refractivity contribution in [1.29, 1.82) is 0 Å². The van der Waals surface area contributed by atoms with Gasteiger partial charge in [0.1, 0.15) is 0 Å². The second-order valence-corrected chi connectivity index (χ2v) is 11.4. The molecule has 1 aliphatic carbocycles. The van der Waals surface area contributed by atoms with Gasteiger partial charge in [0.2, 0.25) is 0 Å². The van der Waals surface area contributed by atoms with Crippen molar-refractivity contribution in [2.75, 3.05) is 0 Å². The third-order valence-electron chi connectivity index (χ3n) is 4.69. The molecule has 0 spiro atoms. The average molecular weight is 424 g/mol. The Morgan fingerprint density at radius 3 is 2.17 bits per heavy atom. The van der Waals surface area contributed by atoms with E-state index in [0.29, 0.717) is 0 Å². The Morgan fingerprint density at radius 1 is 1.04 bits per heavy atom. The molecule has 126 valence electrons. The zero-order valence-corrected chi connectivity index (χ0v) is 19.0. The van der Waals surface area contributed by atoms with Gasteiger partial charge >= 0.3 is 137 Å². The SMILES string of the molecule is CCCCC1=[C]([Ti+3])CC=C1[Si](C)(CC)c1ccccc1.[Cl-].[Cl-].[Cl-]. The molecule has 0 fully saturated rings. The number of hydrogen-bond donors (Lipinski definition) is 0. The number of rotatable bonds is 6. The Morgan fingerprint density at radius 2 is 1.65 bits per heavy atom. The number of benzene rings is 1. The van der Waals surface area contributed by atoms with Gasteiger partial charge in [-0.2, -0.15) is 0 Å². The van der Waals surface area contributed by atoms with Crippen LogP contribution in [-0.4, -0.2) is 8.07 Å². The summed E-state index contributed by atoms with van der Waals surface area (Å²) in [5.41, 5.74) is 1.70. The van der Waals surface area contributed by atoms with Crippen molar-refractivity contribution in [2.45, 2.75) is 52.1 Å². The van der Waals surface area contributed by atoms with Crippen LogP contribution in [-0.2, 0) is 20.4 Å². The van der Waals surface area contributed by atoms with Crippen LogP contribution < -0.4 is 42.4 Å². The van der Waals surface area contributed by atoms with Gasteiger partial charge in [-0.15, -0.1) is 0 Å². The van der Waals surface area contributed by atoms with Gasteiger partial charge in [0, 0.05) is 0 Å². The van der Waals surface area contributed by atoms with Gasteiger partial charge in [0.05, 0.1) is 0 Å². The summed E-state index contributed by atoms with van der Waals surface area (Å²) >= 11 is 2.34. The first-order valence-corrected chi connectivity index (χ1v) is 11.3. The summed E-state index contributed by atoms with van der Waals surface area (Å²) in [6.07, 6.45) is 7.63. The summed E-state index contributed by atoms with van der Waals surface area (Å²) in [5, 5.41) is 3.33. The van der Waals surface area contributed by atoms with Crippen LogP contribution in [0.25, 0.3) is 0 Å². The minimum Gasteiger partial charge on any atom is -1.00 e. The molecule has 1 atom stereocenters. The van der Waals surface area contributed by atoms with Crippen LogP contribution in [0.3, 0.4) is 0 Å². The second-order valence-electron chi connectivity index (χ2n) is 5.93. The maximum Gasteiger partial charge on any atom is -1.00 e. The van der Waals surface area contributed by atoms with Crippen LogP contribution in [0.2, 0.25) is 12.6 Å². The van der Waals surface area contributed by atoms with Crippen molar-refractivity contribution in [1.82, 2.24) is 0 Å². The molecule has 1 aliphatic rings. The molecule has 1 unspecified atom stereocenters. The van der Waals surface area contributed by atoms with E-state index in [-0.39, 0.29) is 37.2 Å². The topological polar surface area (TPSA) is 0 Å².